The van der Waals surface area contributed by atoms with Gasteiger partial charge in [0.1, 0.15) is 0 Å². The van der Waals surface area contributed by atoms with Crippen LogP contribution in [0.15, 0.2) is 12.1 Å². The van der Waals surface area contributed by atoms with Crippen LogP contribution in [0.5, 0.6) is 11.5 Å². The largest absolute Gasteiger partial charge is 0.504 e. The third-order valence-electron chi connectivity index (χ3n) is 2.25. The molecule has 1 aromatic rings. The second kappa shape index (κ2) is 2.92. The fraction of sp³-hybridized carbons (Fsp3) is 0.400. The SMILES string of the molecule is COc1cc(C)cc([C@H]2CN2)c1O. The molecule has 3 nitrogen and oxygen atoms in total. The van der Waals surface area contributed by atoms with Gasteiger partial charge in [0.15, 0.2) is 11.5 Å². The number of aryl methyl sites for hydroxylation is 1. The third kappa shape index (κ3) is 1.47. The first-order valence-electron chi connectivity index (χ1n) is 4.33. The Hall–Kier alpha value is -1.22. The summed E-state index contributed by atoms with van der Waals surface area (Å²) in [4.78, 5) is 0. The molecule has 0 radical (unpaired) electrons. The number of rotatable bonds is 2. The summed E-state index contributed by atoms with van der Waals surface area (Å²) < 4.78 is 5.07. The van der Waals surface area contributed by atoms with Crippen LogP contribution in [0.4, 0.5) is 0 Å². The topological polar surface area (TPSA) is 51.4 Å². The van der Waals surface area contributed by atoms with Crippen LogP contribution >= 0.6 is 0 Å². The van der Waals surface area contributed by atoms with Crippen molar-refractivity contribution in [3.63, 3.8) is 0 Å². The van der Waals surface area contributed by atoms with E-state index in [2.05, 4.69) is 5.32 Å². The van der Waals surface area contributed by atoms with Crippen LogP contribution in [-0.2, 0) is 0 Å². The van der Waals surface area contributed by atoms with E-state index in [0.29, 0.717) is 11.8 Å². The van der Waals surface area contributed by atoms with Gasteiger partial charge in [0, 0.05) is 18.2 Å². The van der Waals surface area contributed by atoms with Gasteiger partial charge in [0.2, 0.25) is 0 Å². The fourth-order valence-corrected chi connectivity index (χ4v) is 1.47. The Bertz CT molecular complexity index is 332. The maximum Gasteiger partial charge on any atom is 0.162 e. The molecule has 0 unspecified atom stereocenters. The molecule has 1 atom stereocenters. The van der Waals surface area contributed by atoms with Gasteiger partial charge in [-0.25, -0.2) is 0 Å². The number of ether oxygens (including phenoxy) is 1. The summed E-state index contributed by atoms with van der Waals surface area (Å²) in [6.45, 7) is 2.94. The van der Waals surface area contributed by atoms with Crippen LogP contribution < -0.4 is 10.1 Å². The van der Waals surface area contributed by atoms with Crippen molar-refractivity contribution < 1.29 is 9.84 Å². The summed E-state index contributed by atoms with van der Waals surface area (Å²) in [5.41, 5.74) is 2.05. The zero-order valence-electron chi connectivity index (χ0n) is 7.79. The lowest BCUT2D eigenvalue weighted by Gasteiger charge is -2.08. The van der Waals surface area contributed by atoms with Crippen LogP contribution in [0.1, 0.15) is 17.2 Å². The molecule has 1 aliphatic rings. The van der Waals surface area contributed by atoms with Gasteiger partial charge in [-0.05, 0) is 18.6 Å². The van der Waals surface area contributed by atoms with Gasteiger partial charge in [-0.3, -0.25) is 0 Å². The van der Waals surface area contributed by atoms with Gasteiger partial charge in [-0.2, -0.15) is 0 Å². The Morgan fingerprint density at radius 3 is 2.77 bits per heavy atom. The summed E-state index contributed by atoms with van der Waals surface area (Å²) in [6.07, 6.45) is 0. The highest BCUT2D eigenvalue weighted by Gasteiger charge is 2.26. The van der Waals surface area contributed by atoms with Crippen molar-refractivity contribution in [2.45, 2.75) is 13.0 Å². The second-order valence-corrected chi connectivity index (χ2v) is 3.37. The van der Waals surface area contributed by atoms with Crippen LogP contribution in [0.25, 0.3) is 0 Å². The van der Waals surface area contributed by atoms with Crippen molar-refractivity contribution in [1.82, 2.24) is 5.32 Å². The van der Waals surface area contributed by atoms with Gasteiger partial charge in [0.25, 0.3) is 0 Å². The van der Waals surface area contributed by atoms with Gasteiger partial charge in [-0.1, -0.05) is 6.07 Å². The molecular formula is C10H13NO2. The minimum Gasteiger partial charge on any atom is -0.504 e. The van der Waals surface area contributed by atoms with Gasteiger partial charge < -0.3 is 15.2 Å². The molecule has 0 bridgehead atoms. The number of hydrogen-bond acceptors (Lipinski definition) is 3. The van der Waals surface area contributed by atoms with Gasteiger partial charge in [-0.15, -0.1) is 0 Å². The molecule has 1 aromatic carbocycles. The zero-order valence-corrected chi connectivity index (χ0v) is 7.79. The molecule has 0 aromatic heterocycles. The van der Waals surface area contributed by atoms with E-state index in [1.54, 1.807) is 7.11 Å². The lowest BCUT2D eigenvalue weighted by Crippen LogP contribution is -1.91. The summed E-state index contributed by atoms with van der Waals surface area (Å²) in [6, 6.07) is 4.14. The van der Waals surface area contributed by atoms with E-state index in [1.807, 2.05) is 19.1 Å². The highest BCUT2D eigenvalue weighted by molar-refractivity contribution is 5.50. The minimum atomic E-state index is 0.267. The maximum atomic E-state index is 9.76. The standard InChI is InChI=1S/C10H13NO2/c1-6-3-7(8-5-11-8)10(12)9(4-6)13-2/h3-4,8,11-12H,5H2,1-2H3/t8-/m1/s1. The highest BCUT2D eigenvalue weighted by Crippen LogP contribution is 2.37. The molecule has 0 amide bonds. The molecular weight excluding hydrogens is 166 g/mol. The Kier molecular flexibility index (Phi) is 1.88. The number of aromatic hydroxyl groups is 1. The molecule has 0 aliphatic carbocycles. The average Bonchev–Trinajstić information content (AvgIpc) is 2.91. The summed E-state index contributed by atoms with van der Waals surface area (Å²) in [7, 11) is 1.57. The number of phenols is 1. The average molecular weight is 179 g/mol. The van der Waals surface area contributed by atoms with Crippen LogP contribution in [0.3, 0.4) is 0 Å². The molecule has 1 heterocycles. The van der Waals surface area contributed by atoms with E-state index in [9.17, 15) is 5.11 Å². The first-order valence-corrected chi connectivity index (χ1v) is 4.33. The summed E-state index contributed by atoms with van der Waals surface area (Å²) in [5, 5.41) is 12.9. The first kappa shape index (κ1) is 8.38. The van der Waals surface area contributed by atoms with E-state index >= 15 is 0 Å². The zero-order chi connectivity index (χ0) is 9.42. The monoisotopic (exact) mass is 179 g/mol. The highest BCUT2D eigenvalue weighted by atomic mass is 16.5. The van der Waals surface area contributed by atoms with Crippen molar-refractivity contribution in [2.75, 3.05) is 13.7 Å². The number of methoxy groups -OCH3 is 1. The van der Waals surface area contributed by atoms with Crippen molar-refractivity contribution in [1.29, 1.82) is 0 Å². The lowest BCUT2D eigenvalue weighted by atomic mass is 10.1. The second-order valence-electron chi connectivity index (χ2n) is 3.37. The van der Waals surface area contributed by atoms with E-state index in [1.165, 1.54) is 0 Å². The molecule has 3 heteroatoms. The number of phenolic OH excluding ortho intramolecular Hbond substituents is 1. The van der Waals surface area contributed by atoms with E-state index in [4.69, 9.17) is 4.74 Å². The van der Waals surface area contributed by atoms with Crippen molar-refractivity contribution in [3.8, 4) is 11.5 Å². The van der Waals surface area contributed by atoms with Crippen LogP contribution in [-0.4, -0.2) is 18.8 Å². The summed E-state index contributed by atoms with van der Waals surface area (Å²) >= 11 is 0. The molecule has 13 heavy (non-hydrogen) atoms. The van der Waals surface area contributed by atoms with E-state index in [-0.39, 0.29) is 5.75 Å². The molecule has 2 rings (SSSR count). The summed E-state index contributed by atoms with van der Waals surface area (Å²) in [5.74, 6) is 0.826. The first-order chi connectivity index (χ1) is 6.22. The van der Waals surface area contributed by atoms with Gasteiger partial charge in [0.05, 0.1) is 7.11 Å². The molecule has 0 saturated carbocycles. The molecule has 1 fully saturated rings. The molecule has 70 valence electrons. The van der Waals surface area contributed by atoms with Crippen molar-refractivity contribution >= 4 is 0 Å². The van der Waals surface area contributed by atoms with Crippen molar-refractivity contribution in [3.05, 3.63) is 23.3 Å². The number of nitrogens with one attached hydrogen (secondary N) is 1. The number of benzene rings is 1. The Labute approximate surface area is 77.3 Å². The molecule has 1 aliphatic heterocycles. The Morgan fingerprint density at radius 2 is 2.23 bits per heavy atom. The molecule has 2 N–H and O–H groups in total. The Balaban J connectivity index is 2.47. The third-order valence-corrected chi connectivity index (χ3v) is 2.25. The van der Waals surface area contributed by atoms with Crippen molar-refractivity contribution in [2.24, 2.45) is 0 Å². The number of hydrogen-bond donors (Lipinski definition) is 2. The molecule has 1 saturated heterocycles. The minimum absolute atomic E-state index is 0.267. The van der Waals surface area contributed by atoms with E-state index in [0.717, 1.165) is 17.7 Å². The van der Waals surface area contributed by atoms with E-state index < -0.39 is 0 Å². The maximum absolute atomic E-state index is 9.76. The quantitative estimate of drug-likeness (QED) is 0.674. The smallest absolute Gasteiger partial charge is 0.162 e. The molecule has 0 spiro atoms. The predicted molar refractivity (Wildman–Crippen MR) is 50.1 cm³/mol. The van der Waals surface area contributed by atoms with Crippen LogP contribution in [0, 0.1) is 6.92 Å². The van der Waals surface area contributed by atoms with Gasteiger partial charge >= 0.3 is 0 Å². The lowest BCUT2D eigenvalue weighted by molar-refractivity contribution is 0.370. The van der Waals surface area contributed by atoms with Crippen LogP contribution in [0.2, 0.25) is 0 Å². The normalized spacial score (nSPS) is 20.0. The Morgan fingerprint density at radius 1 is 1.54 bits per heavy atom. The predicted octanol–water partition coefficient (Wildman–Crippen LogP) is 1.35. The fourth-order valence-electron chi connectivity index (χ4n) is 1.47.